The smallest absolute Gasteiger partial charge is 0.118 e. The van der Waals surface area contributed by atoms with Crippen molar-refractivity contribution in [1.29, 1.82) is 0 Å². The Kier molecular flexibility index (Phi) is 3.58. The van der Waals surface area contributed by atoms with E-state index in [-0.39, 0.29) is 6.04 Å². The fraction of sp³-hybridized carbons (Fsp3) is 0.400. The minimum Gasteiger partial charge on any atom is -0.508 e. The second kappa shape index (κ2) is 4.49. The SMILES string of the molecule is CC(N)CCc1cc(Cl)ccc1O. The summed E-state index contributed by atoms with van der Waals surface area (Å²) in [5.74, 6) is 0.296. The van der Waals surface area contributed by atoms with E-state index >= 15 is 0 Å². The first-order valence-corrected chi connectivity index (χ1v) is 4.70. The van der Waals surface area contributed by atoms with Gasteiger partial charge in [-0.05, 0) is 43.5 Å². The van der Waals surface area contributed by atoms with Crippen molar-refractivity contribution in [2.24, 2.45) is 5.73 Å². The van der Waals surface area contributed by atoms with Gasteiger partial charge in [0.25, 0.3) is 0 Å². The lowest BCUT2D eigenvalue weighted by molar-refractivity contribution is 0.466. The Hall–Kier alpha value is -0.730. The zero-order valence-corrected chi connectivity index (χ0v) is 8.38. The minimum atomic E-state index is 0.151. The van der Waals surface area contributed by atoms with Gasteiger partial charge in [-0.2, -0.15) is 0 Å². The molecule has 1 aromatic carbocycles. The van der Waals surface area contributed by atoms with Crippen LogP contribution in [-0.4, -0.2) is 11.1 Å². The number of hydrogen-bond donors (Lipinski definition) is 2. The number of phenols is 1. The van der Waals surface area contributed by atoms with E-state index in [9.17, 15) is 5.11 Å². The van der Waals surface area contributed by atoms with E-state index in [0.717, 1.165) is 18.4 Å². The molecule has 1 rings (SSSR count). The van der Waals surface area contributed by atoms with E-state index in [1.165, 1.54) is 0 Å². The molecule has 72 valence electrons. The molecule has 0 radical (unpaired) electrons. The van der Waals surface area contributed by atoms with Crippen molar-refractivity contribution in [2.75, 3.05) is 0 Å². The third-order valence-corrected chi connectivity index (χ3v) is 2.15. The minimum absolute atomic E-state index is 0.151. The molecule has 0 aliphatic carbocycles. The summed E-state index contributed by atoms with van der Waals surface area (Å²) in [5, 5.41) is 10.1. The second-order valence-corrected chi connectivity index (χ2v) is 3.73. The summed E-state index contributed by atoms with van der Waals surface area (Å²) in [4.78, 5) is 0. The Morgan fingerprint density at radius 2 is 2.23 bits per heavy atom. The largest absolute Gasteiger partial charge is 0.508 e. The number of rotatable bonds is 3. The highest BCUT2D eigenvalue weighted by atomic mass is 35.5. The first kappa shape index (κ1) is 10.4. The van der Waals surface area contributed by atoms with Crippen LogP contribution in [0.1, 0.15) is 18.9 Å². The third kappa shape index (κ3) is 3.25. The maximum Gasteiger partial charge on any atom is 0.118 e. The van der Waals surface area contributed by atoms with Crippen molar-refractivity contribution < 1.29 is 5.11 Å². The van der Waals surface area contributed by atoms with Gasteiger partial charge < -0.3 is 10.8 Å². The van der Waals surface area contributed by atoms with E-state index in [0.29, 0.717) is 10.8 Å². The first-order chi connectivity index (χ1) is 6.09. The van der Waals surface area contributed by atoms with Gasteiger partial charge in [0.2, 0.25) is 0 Å². The molecule has 0 aliphatic heterocycles. The fourth-order valence-electron chi connectivity index (χ4n) is 1.14. The third-order valence-electron chi connectivity index (χ3n) is 1.91. The van der Waals surface area contributed by atoms with E-state index in [1.54, 1.807) is 18.2 Å². The topological polar surface area (TPSA) is 46.2 Å². The molecule has 1 aromatic rings. The molecule has 0 amide bonds. The highest BCUT2D eigenvalue weighted by Gasteiger charge is 2.03. The zero-order valence-electron chi connectivity index (χ0n) is 7.63. The van der Waals surface area contributed by atoms with Crippen LogP contribution in [0.25, 0.3) is 0 Å². The average molecular weight is 200 g/mol. The Morgan fingerprint density at radius 3 is 2.85 bits per heavy atom. The van der Waals surface area contributed by atoms with Crippen LogP contribution in [0.2, 0.25) is 5.02 Å². The highest BCUT2D eigenvalue weighted by Crippen LogP contribution is 2.22. The summed E-state index contributed by atoms with van der Waals surface area (Å²) in [5.41, 5.74) is 6.48. The zero-order chi connectivity index (χ0) is 9.84. The van der Waals surface area contributed by atoms with Gasteiger partial charge in [-0.3, -0.25) is 0 Å². The van der Waals surface area contributed by atoms with E-state index in [1.807, 2.05) is 6.92 Å². The van der Waals surface area contributed by atoms with Crippen molar-refractivity contribution in [3.05, 3.63) is 28.8 Å². The van der Waals surface area contributed by atoms with Crippen LogP contribution < -0.4 is 5.73 Å². The van der Waals surface area contributed by atoms with Crippen molar-refractivity contribution in [3.63, 3.8) is 0 Å². The van der Waals surface area contributed by atoms with E-state index < -0.39 is 0 Å². The van der Waals surface area contributed by atoms with Crippen LogP contribution in [-0.2, 0) is 6.42 Å². The molecule has 13 heavy (non-hydrogen) atoms. The number of aryl methyl sites for hydroxylation is 1. The molecular formula is C10H14ClNO. The Labute approximate surface area is 83.3 Å². The number of benzene rings is 1. The lowest BCUT2D eigenvalue weighted by Crippen LogP contribution is -2.15. The Morgan fingerprint density at radius 1 is 1.54 bits per heavy atom. The summed E-state index contributed by atoms with van der Waals surface area (Å²) in [7, 11) is 0. The molecule has 0 spiro atoms. The van der Waals surface area contributed by atoms with Crippen molar-refractivity contribution in [1.82, 2.24) is 0 Å². The van der Waals surface area contributed by atoms with Crippen molar-refractivity contribution in [2.45, 2.75) is 25.8 Å². The number of hydrogen-bond acceptors (Lipinski definition) is 2. The first-order valence-electron chi connectivity index (χ1n) is 4.32. The van der Waals surface area contributed by atoms with Gasteiger partial charge in [-0.1, -0.05) is 11.6 Å². The summed E-state index contributed by atoms with van der Waals surface area (Å²) in [6.45, 7) is 1.95. The van der Waals surface area contributed by atoms with Gasteiger partial charge in [-0.25, -0.2) is 0 Å². The summed E-state index contributed by atoms with van der Waals surface area (Å²) >= 11 is 5.79. The molecule has 3 N–H and O–H groups in total. The summed E-state index contributed by atoms with van der Waals surface area (Å²) in [6.07, 6.45) is 1.62. The van der Waals surface area contributed by atoms with Crippen LogP contribution in [0, 0.1) is 0 Å². The molecule has 1 unspecified atom stereocenters. The normalized spacial score (nSPS) is 12.8. The van der Waals surface area contributed by atoms with Crippen molar-refractivity contribution >= 4 is 11.6 Å². The van der Waals surface area contributed by atoms with Crippen LogP contribution in [0.3, 0.4) is 0 Å². The predicted octanol–water partition coefficient (Wildman–Crippen LogP) is 2.33. The fourth-order valence-corrected chi connectivity index (χ4v) is 1.33. The summed E-state index contributed by atoms with van der Waals surface area (Å²) < 4.78 is 0. The molecule has 0 bridgehead atoms. The van der Waals surface area contributed by atoms with E-state index in [2.05, 4.69) is 0 Å². The van der Waals surface area contributed by atoms with Crippen LogP contribution in [0.4, 0.5) is 0 Å². The molecule has 2 nitrogen and oxygen atoms in total. The van der Waals surface area contributed by atoms with Gasteiger partial charge in [0.05, 0.1) is 0 Å². The lowest BCUT2D eigenvalue weighted by Gasteiger charge is -2.07. The van der Waals surface area contributed by atoms with Gasteiger partial charge in [0.15, 0.2) is 0 Å². The van der Waals surface area contributed by atoms with Crippen molar-refractivity contribution in [3.8, 4) is 5.75 Å². The predicted molar refractivity (Wildman–Crippen MR) is 55.1 cm³/mol. The Balaban J connectivity index is 2.70. The second-order valence-electron chi connectivity index (χ2n) is 3.29. The van der Waals surface area contributed by atoms with Gasteiger partial charge >= 0.3 is 0 Å². The Bertz CT molecular complexity index is 286. The molecule has 0 saturated heterocycles. The summed E-state index contributed by atoms with van der Waals surface area (Å²) in [6, 6.07) is 5.21. The number of phenolic OH excluding ortho intramolecular Hbond substituents is 1. The quantitative estimate of drug-likeness (QED) is 0.785. The van der Waals surface area contributed by atoms with Gasteiger partial charge in [0, 0.05) is 11.1 Å². The molecule has 0 heterocycles. The lowest BCUT2D eigenvalue weighted by atomic mass is 10.1. The molecule has 0 aromatic heterocycles. The maximum absolute atomic E-state index is 9.45. The molecular weight excluding hydrogens is 186 g/mol. The number of aromatic hydroxyl groups is 1. The van der Waals surface area contributed by atoms with Gasteiger partial charge in [-0.15, -0.1) is 0 Å². The highest BCUT2D eigenvalue weighted by molar-refractivity contribution is 6.30. The van der Waals surface area contributed by atoms with Crippen LogP contribution in [0.5, 0.6) is 5.75 Å². The van der Waals surface area contributed by atoms with Crippen LogP contribution >= 0.6 is 11.6 Å². The molecule has 0 saturated carbocycles. The molecule has 3 heteroatoms. The average Bonchev–Trinajstić information content (AvgIpc) is 2.06. The number of nitrogens with two attached hydrogens (primary N) is 1. The van der Waals surface area contributed by atoms with Crippen LogP contribution in [0.15, 0.2) is 18.2 Å². The standard InChI is InChI=1S/C10H14ClNO/c1-7(12)2-3-8-6-9(11)4-5-10(8)13/h4-7,13H,2-3,12H2,1H3. The monoisotopic (exact) mass is 199 g/mol. The number of halogens is 1. The maximum atomic E-state index is 9.45. The van der Waals surface area contributed by atoms with Gasteiger partial charge in [0.1, 0.15) is 5.75 Å². The van der Waals surface area contributed by atoms with E-state index in [4.69, 9.17) is 17.3 Å². The molecule has 0 aliphatic rings. The molecule has 1 atom stereocenters. The molecule has 0 fully saturated rings.